The van der Waals surface area contributed by atoms with Gasteiger partial charge in [0.15, 0.2) is 6.10 Å². The Morgan fingerprint density at radius 3 is 1.56 bits per heavy atom. The first kappa shape index (κ1) is 38.0. The van der Waals surface area contributed by atoms with E-state index in [9.17, 15) is 19.0 Å². The first-order valence-corrected chi connectivity index (χ1v) is 17.0. The van der Waals surface area contributed by atoms with Crippen LogP contribution in [0.15, 0.2) is 0 Å². The molecule has 3 N–H and O–H groups in total. The van der Waals surface area contributed by atoms with E-state index in [1.807, 2.05) is 0 Å². The van der Waals surface area contributed by atoms with Crippen LogP contribution in [-0.4, -0.2) is 49.3 Å². The van der Waals surface area contributed by atoms with Crippen LogP contribution >= 0.6 is 7.82 Å². The van der Waals surface area contributed by atoms with E-state index in [2.05, 4.69) is 13.8 Å². The molecule has 0 rings (SSSR count). The van der Waals surface area contributed by atoms with Crippen molar-refractivity contribution in [3.05, 3.63) is 0 Å². The van der Waals surface area contributed by atoms with Crippen LogP contribution in [0.3, 0.4) is 0 Å². The molecule has 0 spiro atoms. The summed E-state index contributed by atoms with van der Waals surface area (Å²) in [5, 5.41) is 0. The standard InChI is InChI=1S/C29H58NO8P/c1-3-5-7-9-11-13-14-16-18-20-22-29(32)38-27(26-37-39(33,34)36-24-23-30)25-35-28(31)21-19-17-15-12-10-8-6-4-2/h27H,3-26,30H2,1-2H3,(H,33,34). The Hall–Kier alpha value is -0.990. The monoisotopic (exact) mass is 579 g/mol. The highest BCUT2D eigenvalue weighted by Crippen LogP contribution is 2.43. The number of hydrogen-bond acceptors (Lipinski definition) is 8. The van der Waals surface area contributed by atoms with Crippen molar-refractivity contribution in [1.29, 1.82) is 0 Å². The molecule has 232 valence electrons. The maximum absolute atomic E-state index is 12.4. The van der Waals surface area contributed by atoms with Crippen LogP contribution in [0.4, 0.5) is 0 Å². The molecular formula is C29H58NO8P. The summed E-state index contributed by atoms with van der Waals surface area (Å²) >= 11 is 0. The maximum Gasteiger partial charge on any atom is 0.472 e. The minimum Gasteiger partial charge on any atom is -0.462 e. The lowest BCUT2D eigenvalue weighted by molar-refractivity contribution is -0.161. The summed E-state index contributed by atoms with van der Waals surface area (Å²) in [5.74, 6) is -0.832. The van der Waals surface area contributed by atoms with Crippen LogP contribution in [0.5, 0.6) is 0 Å². The molecule has 39 heavy (non-hydrogen) atoms. The molecule has 0 aromatic carbocycles. The molecule has 0 amide bonds. The van der Waals surface area contributed by atoms with E-state index < -0.39 is 26.5 Å². The lowest BCUT2D eigenvalue weighted by Gasteiger charge is -2.19. The number of ether oxygens (including phenoxy) is 2. The van der Waals surface area contributed by atoms with Crippen molar-refractivity contribution in [3.63, 3.8) is 0 Å². The number of rotatable bonds is 29. The zero-order valence-corrected chi connectivity index (χ0v) is 25.8. The van der Waals surface area contributed by atoms with Gasteiger partial charge in [-0.25, -0.2) is 4.57 Å². The van der Waals surface area contributed by atoms with Gasteiger partial charge in [0.1, 0.15) is 6.61 Å². The van der Waals surface area contributed by atoms with Crippen molar-refractivity contribution in [2.75, 3.05) is 26.4 Å². The lowest BCUT2D eigenvalue weighted by atomic mass is 10.1. The summed E-state index contributed by atoms with van der Waals surface area (Å²) in [6, 6.07) is 0. The van der Waals surface area contributed by atoms with Gasteiger partial charge in [0.05, 0.1) is 13.2 Å². The highest BCUT2D eigenvalue weighted by atomic mass is 31.2. The molecule has 0 saturated carbocycles. The topological polar surface area (TPSA) is 134 Å². The van der Waals surface area contributed by atoms with Crippen LogP contribution < -0.4 is 5.73 Å². The Bertz CT molecular complexity index is 634. The second-order valence-corrected chi connectivity index (χ2v) is 11.8. The van der Waals surface area contributed by atoms with Crippen molar-refractivity contribution in [1.82, 2.24) is 0 Å². The first-order valence-electron chi connectivity index (χ1n) is 15.5. The van der Waals surface area contributed by atoms with Gasteiger partial charge in [0.2, 0.25) is 0 Å². The number of unbranched alkanes of at least 4 members (excludes halogenated alkanes) is 16. The second-order valence-electron chi connectivity index (χ2n) is 10.3. The molecule has 9 nitrogen and oxygen atoms in total. The number of esters is 2. The van der Waals surface area contributed by atoms with Gasteiger partial charge < -0.3 is 20.1 Å². The fourth-order valence-electron chi connectivity index (χ4n) is 4.16. The van der Waals surface area contributed by atoms with E-state index in [-0.39, 0.29) is 38.6 Å². The Labute approximate surface area is 237 Å². The molecule has 0 radical (unpaired) electrons. The van der Waals surface area contributed by atoms with Crippen LogP contribution in [0.25, 0.3) is 0 Å². The second kappa shape index (κ2) is 27.2. The molecular weight excluding hydrogens is 521 g/mol. The van der Waals surface area contributed by atoms with Crippen molar-refractivity contribution in [2.45, 2.75) is 148 Å². The molecule has 0 bridgehead atoms. The van der Waals surface area contributed by atoms with E-state index in [1.54, 1.807) is 0 Å². The van der Waals surface area contributed by atoms with Gasteiger partial charge in [0.25, 0.3) is 0 Å². The van der Waals surface area contributed by atoms with E-state index in [1.165, 1.54) is 77.0 Å². The SMILES string of the molecule is CCCCCCCCCCCCC(=O)OC(COC(=O)CCCCCCCCCC)COP(=O)(O)OCCN. The molecule has 0 aliphatic carbocycles. The van der Waals surface area contributed by atoms with Gasteiger partial charge in [-0.1, -0.05) is 117 Å². The third-order valence-electron chi connectivity index (χ3n) is 6.49. The summed E-state index contributed by atoms with van der Waals surface area (Å²) in [6.45, 7) is 3.66. The average molecular weight is 580 g/mol. The van der Waals surface area contributed by atoms with Gasteiger partial charge in [0, 0.05) is 19.4 Å². The van der Waals surface area contributed by atoms with Crippen molar-refractivity contribution >= 4 is 19.8 Å². The number of carbonyl (C=O) groups is 2. The third kappa shape index (κ3) is 27.0. The highest BCUT2D eigenvalue weighted by molar-refractivity contribution is 7.47. The molecule has 2 atom stereocenters. The Balaban J connectivity index is 4.33. The zero-order chi connectivity index (χ0) is 29.0. The van der Waals surface area contributed by atoms with Crippen LogP contribution in [0, 0.1) is 0 Å². The molecule has 0 aliphatic heterocycles. The van der Waals surface area contributed by atoms with E-state index in [4.69, 9.17) is 24.3 Å². The number of hydrogen-bond donors (Lipinski definition) is 2. The number of carbonyl (C=O) groups excluding carboxylic acids is 2. The summed E-state index contributed by atoms with van der Waals surface area (Å²) in [5.41, 5.74) is 5.29. The fourth-order valence-corrected chi connectivity index (χ4v) is 4.93. The molecule has 0 heterocycles. The first-order chi connectivity index (χ1) is 18.8. The van der Waals surface area contributed by atoms with Crippen LogP contribution in [-0.2, 0) is 32.7 Å². The number of phosphoric ester groups is 1. The lowest BCUT2D eigenvalue weighted by Crippen LogP contribution is -2.29. The number of phosphoric acid groups is 1. The van der Waals surface area contributed by atoms with E-state index in [0.717, 1.165) is 32.1 Å². The fraction of sp³-hybridized carbons (Fsp3) is 0.931. The van der Waals surface area contributed by atoms with Gasteiger partial charge in [-0.2, -0.15) is 0 Å². The van der Waals surface area contributed by atoms with Crippen molar-refractivity contribution in [3.8, 4) is 0 Å². The van der Waals surface area contributed by atoms with Gasteiger partial charge in [-0.15, -0.1) is 0 Å². The van der Waals surface area contributed by atoms with Gasteiger partial charge >= 0.3 is 19.8 Å². The minimum absolute atomic E-state index is 0.0571. The molecule has 0 saturated heterocycles. The Morgan fingerprint density at radius 2 is 1.10 bits per heavy atom. The quantitative estimate of drug-likeness (QED) is 0.0529. The average Bonchev–Trinajstić information content (AvgIpc) is 2.91. The van der Waals surface area contributed by atoms with Gasteiger partial charge in [-0.05, 0) is 12.8 Å². The molecule has 2 unspecified atom stereocenters. The summed E-state index contributed by atoms with van der Waals surface area (Å²) in [4.78, 5) is 34.3. The highest BCUT2D eigenvalue weighted by Gasteiger charge is 2.25. The predicted molar refractivity (Wildman–Crippen MR) is 155 cm³/mol. The van der Waals surface area contributed by atoms with E-state index in [0.29, 0.717) is 6.42 Å². The summed E-state index contributed by atoms with van der Waals surface area (Å²) < 4.78 is 32.3. The molecule has 0 aromatic rings. The van der Waals surface area contributed by atoms with Crippen LogP contribution in [0.1, 0.15) is 142 Å². The van der Waals surface area contributed by atoms with E-state index >= 15 is 0 Å². The van der Waals surface area contributed by atoms with Crippen LogP contribution in [0.2, 0.25) is 0 Å². The minimum atomic E-state index is -4.35. The molecule has 0 aromatic heterocycles. The van der Waals surface area contributed by atoms with Crippen molar-refractivity contribution < 1.29 is 37.6 Å². The predicted octanol–water partition coefficient (Wildman–Crippen LogP) is 7.38. The Morgan fingerprint density at radius 1 is 0.667 bits per heavy atom. The molecule has 0 fully saturated rings. The third-order valence-corrected chi connectivity index (χ3v) is 7.48. The normalized spacial score (nSPS) is 13.6. The Kier molecular flexibility index (Phi) is 26.5. The maximum atomic E-state index is 12.4. The molecule has 0 aliphatic rings. The summed E-state index contributed by atoms with van der Waals surface area (Å²) in [7, 11) is -4.35. The smallest absolute Gasteiger partial charge is 0.462 e. The molecule has 10 heteroatoms. The number of nitrogens with two attached hydrogens (primary N) is 1. The zero-order valence-electron chi connectivity index (χ0n) is 24.9. The van der Waals surface area contributed by atoms with Gasteiger partial charge in [-0.3, -0.25) is 18.6 Å². The summed E-state index contributed by atoms with van der Waals surface area (Å²) in [6.07, 6.45) is 20.1. The largest absolute Gasteiger partial charge is 0.472 e. The van der Waals surface area contributed by atoms with Crippen molar-refractivity contribution in [2.24, 2.45) is 5.73 Å².